The Balaban J connectivity index is 1.45. The maximum Gasteiger partial charge on any atom is 0.257 e. The molecule has 30 heavy (non-hydrogen) atoms. The van der Waals surface area contributed by atoms with E-state index in [9.17, 15) is 4.79 Å². The van der Waals surface area contributed by atoms with Gasteiger partial charge in [-0.1, -0.05) is 30.1 Å². The number of ether oxygens (including phenoxy) is 1. The lowest BCUT2D eigenvalue weighted by Gasteiger charge is -2.17. The lowest BCUT2D eigenvalue weighted by Crippen LogP contribution is -2.24. The van der Waals surface area contributed by atoms with Gasteiger partial charge in [-0.3, -0.25) is 4.79 Å². The van der Waals surface area contributed by atoms with Gasteiger partial charge in [0, 0.05) is 35.2 Å². The van der Waals surface area contributed by atoms with Crippen LogP contribution in [0.4, 0.5) is 5.69 Å². The highest BCUT2D eigenvalue weighted by Crippen LogP contribution is 2.33. The number of unbranched alkanes of at least 4 members (excludes halogenated alkanes) is 1. The summed E-state index contributed by atoms with van der Waals surface area (Å²) in [6.45, 7) is 5.28. The second kappa shape index (κ2) is 8.88. The molecule has 3 aromatic rings. The van der Waals surface area contributed by atoms with E-state index in [-0.39, 0.29) is 11.8 Å². The van der Waals surface area contributed by atoms with Crippen molar-refractivity contribution in [3.05, 3.63) is 58.9 Å². The van der Waals surface area contributed by atoms with Gasteiger partial charge in [-0.25, -0.2) is 0 Å². The molecule has 2 aromatic carbocycles. The number of hydrogen-bond acceptors (Lipinski definition) is 5. The van der Waals surface area contributed by atoms with Crippen LogP contribution in [0.3, 0.4) is 0 Å². The Hall–Kier alpha value is -2.86. The summed E-state index contributed by atoms with van der Waals surface area (Å²) in [5.74, 6) is 1.75. The Morgan fingerprint density at radius 1 is 1.23 bits per heavy atom. The summed E-state index contributed by atoms with van der Waals surface area (Å²) < 4.78 is 11.2. The Kier molecular flexibility index (Phi) is 6.04. The number of anilines is 1. The van der Waals surface area contributed by atoms with Crippen molar-refractivity contribution in [1.82, 2.24) is 10.1 Å². The highest BCUT2D eigenvalue weighted by Gasteiger charge is 2.34. The van der Waals surface area contributed by atoms with Crippen molar-refractivity contribution in [2.24, 2.45) is 0 Å². The molecule has 0 bridgehead atoms. The third kappa shape index (κ3) is 4.33. The van der Waals surface area contributed by atoms with E-state index in [1.165, 1.54) is 0 Å². The van der Waals surface area contributed by atoms with Gasteiger partial charge in [0.05, 0.1) is 6.61 Å². The van der Waals surface area contributed by atoms with Crippen LogP contribution in [0.2, 0.25) is 5.02 Å². The number of carbonyl (C=O) groups excluding carboxylic acids is 1. The van der Waals surface area contributed by atoms with Gasteiger partial charge in [-0.15, -0.1) is 0 Å². The van der Waals surface area contributed by atoms with Crippen LogP contribution in [0.1, 0.15) is 43.5 Å². The lowest BCUT2D eigenvalue weighted by atomic mass is 10.1. The Morgan fingerprint density at radius 3 is 2.77 bits per heavy atom. The van der Waals surface area contributed by atoms with Crippen molar-refractivity contribution in [2.75, 3.05) is 18.1 Å². The molecule has 1 aliphatic heterocycles. The quantitative estimate of drug-likeness (QED) is 0.474. The van der Waals surface area contributed by atoms with E-state index >= 15 is 0 Å². The molecule has 1 atom stereocenters. The van der Waals surface area contributed by atoms with Gasteiger partial charge in [-0.05, 0) is 61.4 Å². The number of halogens is 1. The summed E-state index contributed by atoms with van der Waals surface area (Å²) >= 11 is 6.11. The van der Waals surface area contributed by atoms with E-state index in [4.69, 9.17) is 20.9 Å². The van der Waals surface area contributed by atoms with Gasteiger partial charge in [0.15, 0.2) is 5.82 Å². The molecular formula is C23H24ClN3O3. The van der Waals surface area contributed by atoms with Crippen LogP contribution in [0.15, 0.2) is 47.0 Å². The van der Waals surface area contributed by atoms with Gasteiger partial charge in [-0.2, -0.15) is 4.98 Å². The number of aryl methyl sites for hydroxylation is 1. The zero-order valence-corrected chi connectivity index (χ0v) is 17.9. The Labute approximate surface area is 180 Å². The van der Waals surface area contributed by atoms with E-state index in [0.717, 1.165) is 35.4 Å². The van der Waals surface area contributed by atoms with E-state index in [1.54, 1.807) is 4.90 Å². The molecule has 156 valence electrons. The highest BCUT2D eigenvalue weighted by atomic mass is 35.5. The first-order valence-electron chi connectivity index (χ1n) is 10.2. The van der Waals surface area contributed by atoms with Crippen LogP contribution >= 0.6 is 11.6 Å². The first kappa shape index (κ1) is 20.4. The summed E-state index contributed by atoms with van der Waals surface area (Å²) in [4.78, 5) is 18.9. The number of amides is 1. The van der Waals surface area contributed by atoms with Crippen LogP contribution in [0, 0.1) is 6.92 Å². The topological polar surface area (TPSA) is 68.5 Å². The molecular weight excluding hydrogens is 402 g/mol. The van der Waals surface area contributed by atoms with Crippen LogP contribution in [-0.4, -0.2) is 29.2 Å². The fraction of sp³-hybridized carbons (Fsp3) is 0.348. The van der Waals surface area contributed by atoms with E-state index in [2.05, 4.69) is 17.1 Å². The molecule has 1 fully saturated rings. The molecule has 0 spiro atoms. The number of hydrogen-bond donors (Lipinski definition) is 0. The average molecular weight is 426 g/mol. The summed E-state index contributed by atoms with van der Waals surface area (Å²) in [7, 11) is 0. The maximum absolute atomic E-state index is 12.6. The summed E-state index contributed by atoms with van der Waals surface area (Å²) in [6.07, 6.45) is 2.48. The monoisotopic (exact) mass is 425 g/mol. The minimum atomic E-state index is -0.109. The average Bonchev–Trinajstić information content (AvgIpc) is 3.38. The lowest BCUT2D eigenvalue weighted by molar-refractivity contribution is -0.117. The molecule has 1 saturated heterocycles. The van der Waals surface area contributed by atoms with Crippen LogP contribution in [-0.2, 0) is 4.79 Å². The smallest absolute Gasteiger partial charge is 0.257 e. The summed E-state index contributed by atoms with van der Waals surface area (Å²) in [6, 6.07) is 13.2. The molecule has 0 N–H and O–H groups in total. The van der Waals surface area contributed by atoms with Gasteiger partial charge < -0.3 is 14.2 Å². The molecule has 2 heterocycles. The Morgan fingerprint density at radius 2 is 2.03 bits per heavy atom. The second-order valence-electron chi connectivity index (χ2n) is 7.52. The summed E-state index contributed by atoms with van der Waals surface area (Å²) in [5.41, 5.74) is 2.60. The van der Waals surface area contributed by atoms with Crippen molar-refractivity contribution in [1.29, 1.82) is 0 Å². The normalized spacial score (nSPS) is 16.3. The van der Waals surface area contributed by atoms with Gasteiger partial charge >= 0.3 is 0 Å². The number of nitrogens with zero attached hydrogens (tertiary/aromatic N) is 3. The molecule has 1 aromatic heterocycles. The number of rotatable bonds is 7. The van der Waals surface area contributed by atoms with Crippen molar-refractivity contribution in [2.45, 2.75) is 39.0 Å². The van der Waals surface area contributed by atoms with Crippen molar-refractivity contribution < 1.29 is 14.1 Å². The number of carbonyl (C=O) groups is 1. The van der Waals surface area contributed by atoms with E-state index < -0.39 is 0 Å². The zero-order valence-electron chi connectivity index (χ0n) is 17.1. The van der Waals surface area contributed by atoms with E-state index in [0.29, 0.717) is 36.3 Å². The molecule has 7 heteroatoms. The van der Waals surface area contributed by atoms with Crippen molar-refractivity contribution in [3.8, 4) is 17.2 Å². The molecule has 1 unspecified atom stereocenters. The fourth-order valence-electron chi connectivity index (χ4n) is 3.47. The first-order chi connectivity index (χ1) is 14.5. The second-order valence-corrected chi connectivity index (χ2v) is 7.93. The van der Waals surface area contributed by atoms with Crippen molar-refractivity contribution >= 4 is 23.2 Å². The first-order valence-corrected chi connectivity index (χ1v) is 10.6. The molecule has 1 aliphatic rings. The fourth-order valence-corrected chi connectivity index (χ4v) is 3.59. The van der Waals surface area contributed by atoms with Gasteiger partial charge in [0.2, 0.25) is 5.91 Å². The molecule has 0 radical (unpaired) electrons. The predicted octanol–water partition coefficient (Wildman–Crippen LogP) is 5.40. The van der Waals surface area contributed by atoms with Gasteiger partial charge in [0.1, 0.15) is 5.75 Å². The third-order valence-corrected chi connectivity index (χ3v) is 5.68. The molecule has 0 aliphatic carbocycles. The summed E-state index contributed by atoms with van der Waals surface area (Å²) in [5, 5.41) is 4.82. The zero-order chi connectivity index (χ0) is 21.1. The van der Waals surface area contributed by atoms with Crippen LogP contribution < -0.4 is 9.64 Å². The van der Waals surface area contributed by atoms with Crippen LogP contribution in [0.25, 0.3) is 11.5 Å². The highest BCUT2D eigenvalue weighted by molar-refractivity contribution is 6.31. The van der Waals surface area contributed by atoms with E-state index in [1.807, 2.05) is 49.4 Å². The van der Waals surface area contributed by atoms with Crippen LogP contribution in [0.5, 0.6) is 5.75 Å². The number of benzene rings is 2. The van der Waals surface area contributed by atoms with Crippen molar-refractivity contribution in [3.63, 3.8) is 0 Å². The standard InChI is InChI=1S/C23H24ClN3O3/c1-3-4-11-29-19-8-5-16(6-9-19)23-25-22(26-30-23)17-13-21(28)27(14-17)18-7-10-20(24)15(2)12-18/h5-10,12,17H,3-4,11,13-14H2,1-2H3. The largest absolute Gasteiger partial charge is 0.494 e. The van der Waals surface area contributed by atoms with Gasteiger partial charge in [0.25, 0.3) is 5.89 Å². The minimum Gasteiger partial charge on any atom is -0.494 e. The molecule has 1 amide bonds. The third-order valence-electron chi connectivity index (χ3n) is 5.25. The minimum absolute atomic E-state index is 0.0432. The SMILES string of the molecule is CCCCOc1ccc(-c2nc(C3CC(=O)N(c4ccc(Cl)c(C)c4)C3)no2)cc1. The maximum atomic E-state index is 12.6. The molecule has 0 saturated carbocycles. The number of aromatic nitrogens is 2. The Bertz CT molecular complexity index is 1030. The molecule has 6 nitrogen and oxygen atoms in total. The predicted molar refractivity (Wildman–Crippen MR) is 116 cm³/mol. The molecule has 4 rings (SSSR count).